The van der Waals surface area contributed by atoms with Gasteiger partial charge in [0.05, 0.1) is 23.4 Å². The molecular weight excluding hydrogens is 352 g/mol. The summed E-state index contributed by atoms with van der Waals surface area (Å²) in [5.41, 5.74) is 3.03. The average Bonchev–Trinajstić information content (AvgIpc) is 3.09. The number of piperidine rings is 2. The summed E-state index contributed by atoms with van der Waals surface area (Å²) < 4.78 is 8.33. The fourth-order valence-electron chi connectivity index (χ4n) is 5.55. The van der Waals surface area contributed by atoms with Gasteiger partial charge in [0, 0.05) is 25.8 Å². The number of nitrogens with one attached hydrogen (secondary N) is 1. The molecule has 2 atom stereocenters. The molecule has 2 aromatic rings. The Morgan fingerprint density at radius 1 is 1.21 bits per heavy atom. The maximum Gasteiger partial charge on any atom is 0.230 e. The van der Waals surface area contributed by atoms with E-state index in [0.717, 1.165) is 69.9 Å². The fourth-order valence-corrected chi connectivity index (χ4v) is 5.55. The minimum Gasteiger partial charge on any atom is -0.368 e. The first-order chi connectivity index (χ1) is 13.7. The molecule has 28 heavy (non-hydrogen) atoms. The highest BCUT2D eigenvalue weighted by molar-refractivity contribution is 5.87. The molecule has 6 heteroatoms. The van der Waals surface area contributed by atoms with Crippen LogP contribution in [0.2, 0.25) is 0 Å². The van der Waals surface area contributed by atoms with Crippen molar-refractivity contribution in [2.24, 2.45) is 11.3 Å². The van der Waals surface area contributed by atoms with Crippen molar-refractivity contribution in [2.75, 3.05) is 32.8 Å². The summed E-state index contributed by atoms with van der Waals surface area (Å²) >= 11 is 0. The minimum atomic E-state index is -0.334. The number of para-hydroxylation sites is 1. The summed E-state index contributed by atoms with van der Waals surface area (Å²) in [5.74, 6) is 0.929. The molecule has 0 radical (unpaired) electrons. The van der Waals surface area contributed by atoms with Gasteiger partial charge < -0.3 is 15.0 Å². The lowest BCUT2D eigenvalue weighted by Gasteiger charge is -2.43. The van der Waals surface area contributed by atoms with Gasteiger partial charge >= 0.3 is 0 Å². The molecule has 1 amide bonds. The molecule has 4 aliphatic rings. The van der Waals surface area contributed by atoms with Gasteiger partial charge in [-0.2, -0.15) is 5.10 Å². The molecule has 0 unspecified atom stereocenters. The van der Waals surface area contributed by atoms with Crippen LogP contribution in [0, 0.1) is 11.3 Å². The molecule has 6 rings (SSSR count). The van der Waals surface area contributed by atoms with Gasteiger partial charge in [-0.05, 0) is 55.8 Å². The Hall–Kier alpha value is -2.18. The van der Waals surface area contributed by atoms with E-state index in [0.29, 0.717) is 11.8 Å². The largest absolute Gasteiger partial charge is 0.368 e. The molecule has 0 bridgehead atoms. The highest BCUT2D eigenvalue weighted by atomic mass is 16.5. The third kappa shape index (κ3) is 2.34. The van der Waals surface area contributed by atoms with Crippen molar-refractivity contribution < 1.29 is 9.53 Å². The first kappa shape index (κ1) is 16.7. The molecule has 4 heterocycles. The Morgan fingerprint density at radius 2 is 2.04 bits per heavy atom. The number of ether oxygens (including phenoxy) is 1. The van der Waals surface area contributed by atoms with Gasteiger partial charge in [0.25, 0.3) is 0 Å². The molecule has 3 aliphatic heterocycles. The van der Waals surface area contributed by atoms with Crippen LogP contribution in [0.3, 0.4) is 0 Å². The van der Waals surface area contributed by atoms with Crippen molar-refractivity contribution in [2.45, 2.75) is 31.3 Å². The molecule has 1 saturated carbocycles. The van der Waals surface area contributed by atoms with E-state index >= 15 is 0 Å². The Bertz CT molecular complexity index is 916. The summed E-state index contributed by atoms with van der Waals surface area (Å²) in [7, 11) is 0. The van der Waals surface area contributed by atoms with Gasteiger partial charge in [-0.15, -0.1) is 0 Å². The molecule has 1 aromatic heterocycles. The second-order valence-corrected chi connectivity index (χ2v) is 8.86. The van der Waals surface area contributed by atoms with Gasteiger partial charge in [-0.3, -0.25) is 4.79 Å². The number of benzene rings is 1. The van der Waals surface area contributed by atoms with Crippen LogP contribution >= 0.6 is 0 Å². The van der Waals surface area contributed by atoms with Gasteiger partial charge in [0.1, 0.15) is 5.60 Å². The van der Waals surface area contributed by atoms with Crippen molar-refractivity contribution in [3.05, 3.63) is 47.8 Å². The molecule has 1 spiro atoms. The molecule has 2 saturated heterocycles. The normalized spacial score (nSPS) is 30.1. The Morgan fingerprint density at radius 3 is 2.75 bits per heavy atom. The third-order valence-corrected chi connectivity index (χ3v) is 7.34. The lowest BCUT2D eigenvalue weighted by Crippen LogP contribution is -2.50. The van der Waals surface area contributed by atoms with Crippen molar-refractivity contribution in [1.29, 1.82) is 0 Å². The van der Waals surface area contributed by atoms with Crippen LogP contribution in [0.4, 0.5) is 0 Å². The number of aromatic nitrogens is 2. The molecule has 146 valence electrons. The number of amides is 1. The number of likely N-dealkylation sites (tertiary alicyclic amines) is 1. The second kappa shape index (κ2) is 5.91. The number of nitrogens with zero attached hydrogens (tertiary/aromatic N) is 3. The third-order valence-electron chi connectivity index (χ3n) is 7.34. The van der Waals surface area contributed by atoms with Crippen LogP contribution in [0.25, 0.3) is 5.69 Å². The summed E-state index contributed by atoms with van der Waals surface area (Å²) in [6, 6.07) is 10.3. The average molecular weight is 378 g/mol. The topological polar surface area (TPSA) is 59.4 Å². The zero-order chi connectivity index (χ0) is 18.8. The molecule has 6 nitrogen and oxygen atoms in total. The zero-order valence-corrected chi connectivity index (χ0v) is 16.1. The first-order valence-electron chi connectivity index (χ1n) is 10.5. The smallest absolute Gasteiger partial charge is 0.230 e. The quantitative estimate of drug-likeness (QED) is 0.867. The van der Waals surface area contributed by atoms with Crippen LogP contribution in [0.15, 0.2) is 36.5 Å². The Kier molecular flexibility index (Phi) is 3.53. The zero-order valence-electron chi connectivity index (χ0n) is 16.1. The monoisotopic (exact) mass is 378 g/mol. The number of hydrogen-bond donors (Lipinski definition) is 1. The fraction of sp³-hybridized carbons (Fsp3) is 0.545. The number of carbonyl (C=O) groups excluding carboxylic acids is 1. The van der Waals surface area contributed by atoms with Crippen molar-refractivity contribution in [3.8, 4) is 5.69 Å². The van der Waals surface area contributed by atoms with Gasteiger partial charge in [0.2, 0.25) is 5.91 Å². The van der Waals surface area contributed by atoms with E-state index in [4.69, 9.17) is 9.84 Å². The highest BCUT2D eigenvalue weighted by Gasteiger charge is 2.63. The molecule has 1 N–H and O–H groups in total. The standard InChI is InChI=1S/C22H26N4O2/c27-20(21-12-17(21)13-23-15-21)25-9-7-22(8-10-25)19-16(6-11-28-22)14-26(24-19)18-4-2-1-3-5-18/h1-5,14,17,23H,6-13,15H2/t17-,21-/m0/s1. The maximum atomic E-state index is 13.1. The molecule has 1 aliphatic carbocycles. The summed E-state index contributed by atoms with van der Waals surface area (Å²) in [4.78, 5) is 15.2. The predicted octanol–water partition coefficient (Wildman–Crippen LogP) is 1.87. The first-order valence-corrected chi connectivity index (χ1v) is 10.5. The lowest BCUT2D eigenvalue weighted by atomic mass is 9.83. The Balaban J connectivity index is 1.24. The van der Waals surface area contributed by atoms with E-state index in [-0.39, 0.29) is 11.0 Å². The molecule has 1 aromatic carbocycles. The van der Waals surface area contributed by atoms with Gasteiger partial charge in [-0.25, -0.2) is 4.68 Å². The van der Waals surface area contributed by atoms with Crippen LogP contribution in [0.1, 0.15) is 30.5 Å². The molecule has 3 fully saturated rings. The van der Waals surface area contributed by atoms with Crippen LogP contribution in [0.5, 0.6) is 0 Å². The minimum absolute atomic E-state index is 0.0853. The van der Waals surface area contributed by atoms with E-state index in [9.17, 15) is 4.79 Å². The van der Waals surface area contributed by atoms with E-state index in [1.807, 2.05) is 22.9 Å². The Labute approximate surface area is 164 Å². The summed E-state index contributed by atoms with van der Waals surface area (Å²) in [6.45, 7) is 4.14. The van der Waals surface area contributed by atoms with Crippen molar-refractivity contribution in [1.82, 2.24) is 20.0 Å². The van der Waals surface area contributed by atoms with E-state index < -0.39 is 0 Å². The number of hydrogen-bond acceptors (Lipinski definition) is 4. The van der Waals surface area contributed by atoms with Crippen molar-refractivity contribution >= 4 is 5.91 Å². The number of carbonyl (C=O) groups is 1. The maximum absolute atomic E-state index is 13.1. The van der Waals surface area contributed by atoms with Gasteiger partial charge in [-0.1, -0.05) is 18.2 Å². The number of rotatable bonds is 2. The van der Waals surface area contributed by atoms with E-state index in [1.165, 1.54) is 5.56 Å². The highest BCUT2D eigenvalue weighted by Crippen LogP contribution is 2.56. The predicted molar refractivity (Wildman–Crippen MR) is 104 cm³/mol. The number of fused-ring (bicyclic) bond motifs is 3. The lowest BCUT2D eigenvalue weighted by molar-refractivity contribution is -0.146. The summed E-state index contributed by atoms with van der Waals surface area (Å²) in [5, 5.41) is 8.33. The van der Waals surface area contributed by atoms with E-state index in [1.54, 1.807) is 0 Å². The summed E-state index contributed by atoms with van der Waals surface area (Å²) in [6.07, 6.45) is 5.81. The van der Waals surface area contributed by atoms with Gasteiger partial charge in [0.15, 0.2) is 0 Å². The SMILES string of the molecule is O=C(N1CCC2(CC1)OCCc1cn(-c3ccccc3)nc12)[C@@]12CNC[C@@H]1C2. The van der Waals surface area contributed by atoms with Crippen LogP contribution in [-0.4, -0.2) is 53.4 Å². The van der Waals surface area contributed by atoms with Crippen LogP contribution < -0.4 is 5.32 Å². The second-order valence-electron chi connectivity index (χ2n) is 8.86. The molecular formula is C22H26N4O2. The van der Waals surface area contributed by atoms with Crippen LogP contribution in [-0.2, 0) is 21.6 Å². The van der Waals surface area contributed by atoms with E-state index in [2.05, 4.69) is 28.5 Å². The van der Waals surface area contributed by atoms with Crippen molar-refractivity contribution in [3.63, 3.8) is 0 Å².